The van der Waals surface area contributed by atoms with Crippen molar-refractivity contribution in [2.24, 2.45) is 0 Å². The molecule has 0 saturated heterocycles. The highest BCUT2D eigenvalue weighted by molar-refractivity contribution is 7.71. The van der Waals surface area contributed by atoms with E-state index in [0.29, 0.717) is 21.5 Å². The lowest BCUT2D eigenvalue weighted by molar-refractivity contribution is -0.137. The Kier molecular flexibility index (Phi) is 3.40. The van der Waals surface area contributed by atoms with Crippen LogP contribution in [0.2, 0.25) is 0 Å². The van der Waals surface area contributed by atoms with Crippen LogP contribution in [0.4, 0.5) is 13.2 Å². The molecule has 0 atom stereocenters. The summed E-state index contributed by atoms with van der Waals surface area (Å²) in [6.45, 7) is 0. The van der Waals surface area contributed by atoms with E-state index in [1.165, 1.54) is 13.2 Å². The lowest BCUT2D eigenvalue weighted by Gasteiger charge is -2.13. The van der Waals surface area contributed by atoms with Crippen LogP contribution in [0.3, 0.4) is 0 Å². The van der Waals surface area contributed by atoms with Crippen LogP contribution in [-0.2, 0) is 6.18 Å². The maximum Gasteiger partial charge on any atom is 0.416 e. The Balaban J connectivity index is 2.25. The van der Waals surface area contributed by atoms with E-state index >= 15 is 0 Å². The van der Waals surface area contributed by atoms with Crippen molar-refractivity contribution < 1.29 is 17.9 Å². The van der Waals surface area contributed by atoms with Gasteiger partial charge < -0.3 is 4.74 Å². The third-order valence-electron chi connectivity index (χ3n) is 3.26. The molecule has 2 heterocycles. The van der Waals surface area contributed by atoms with Gasteiger partial charge in [0.05, 0.1) is 18.2 Å². The molecule has 0 radical (unpaired) electrons. The second-order valence-electron chi connectivity index (χ2n) is 4.55. The fourth-order valence-electron chi connectivity index (χ4n) is 2.23. The molecule has 4 nitrogen and oxygen atoms in total. The lowest BCUT2D eigenvalue weighted by atomic mass is 10.1. The number of aromatic amines is 1. The molecule has 3 aromatic rings. The smallest absolute Gasteiger partial charge is 0.416 e. The molecule has 0 bridgehead atoms. The summed E-state index contributed by atoms with van der Waals surface area (Å²) in [4.78, 5) is 0. The van der Waals surface area contributed by atoms with Crippen LogP contribution < -0.4 is 4.74 Å². The van der Waals surface area contributed by atoms with Crippen LogP contribution in [0.25, 0.3) is 16.8 Å². The predicted molar refractivity (Wildman–Crippen MR) is 77.4 cm³/mol. The van der Waals surface area contributed by atoms with Crippen LogP contribution in [0, 0.1) is 4.77 Å². The molecule has 0 unspecified atom stereocenters. The molecule has 0 aliphatic rings. The molecule has 3 rings (SSSR count). The van der Waals surface area contributed by atoms with Crippen molar-refractivity contribution in [1.82, 2.24) is 14.6 Å². The summed E-state index contributed by atoms with van der Waals surface area (Å²) in [5.41, 5.74) is 0.819. The van der Waals surface area contributed by atoms with Gasteiger partial charge in [-0.2, -0.15) is 18.3 Å². The molecule has 0 aliphatic carbocycles. The SMILES string of the molecule is COc1cc(C(F)(F)F)ccc1-c1n[nH]c(=S)n2cccc12. The van der Waals surface area contributed by atoms with Gasteiger partial charge in [-0.3, -0.25) is 9.50 Å². The number of hydrogen-bond acceptors (Lipinski definition) is 3. The van der Waals surface area contributed by atoms with Crippen LogP contribution >= 0.6 is 12.2 Å². The van der Waals surface area contributed by atoms with Crippen molar-refractivity contribution >= 4 is 17.7 Å². The maximum atomic E-state index is 12.8. The Bertz CT molecular complexity index is 898. The molecule has 0 fully saturated rings. The Hall–Kier alpha value is -2.35. The first kappa shape index (κ1) is 14.6. The second kappa shape index (κ2) is 5.13. The third-order valence-corrected chi connectivity index (χ3v) is 3.55. The zero-order valence-corrected chi connectivity index (χ0v) is 12.1. The van der Waals surface area contributed by atoms with E-state index in [2.05, 4.69) is 10.2 Å². The molecular weight excluding hydrogens is 315 g/mol. The van der Waals surface area contributed by atoms with E-state index in [-0.39, 0.29) is 5.75 Å². The Morgan fingerprint density at radius 1 is 1.27 bits per heavy atom. The summed E-state index contributed by atoms with van der Waals surface area (Å²) in [5.74, 6) is 0.0935. The average molecular weight is 325 g/mol. The van der Waals surface area contributed by atoms with Gasteiger partial charge in [-0.05, 0) is 42.5 Å². The van der Waals surface area contributed by atoms with Crippen molar-refractivity contribution in [2.75, 3.05) is 7.11 Å². The number of benzene rings is 1. The van der Waals surface area contributed by atoms with Gasteiger partial charge in [0.1, 0.15) is 11.4 Å². The predicted octanol–water partition coefficient (Wildman–Crippen LogP) is 4.09. The second-order valence-corrected chi connectivity index (χ2v) is 4.94. The van der Waals surface area contributed by atoms with Crippen molar-refractivity contribution in [3.8, 4) is 17.0 Å². The summed E-state index contributed by atoms with van der Waals surface area (Å²) >= 11 is 5.11. The van der Waals surface area contributed by atoms with Crippen LogP contribution in [0.1, 0.15) is 5.56 Å². The minimum absolute atomic E-state index is 0.0935. The van der Waals surface area contributed by atoms with Crippen LogP contribution in [-0.4, -0.2) is 21.7 Å². The number of fused-ring (bicyclic) bond motifs is 1. The third kappa shape index (κ3) is 2.35. The van der Waals surface area contributed by atoms with E-state index in [1.807, 2.05) is 0 Å². The highest BCUT2D eigenvalue weighted by Crippen LogP contribution is 2.37. The fourth-order valence-corrected chi connectivity index (χ4v) is 2.43. The van der Waals surface area contributed by atoms with Crippen molar-refractivity contribution in [3.63, 3.8) is 0 Å². The number of nitrogens with one attached hydrogen (secondary N) is 1. The molecule has 114 valence electrons. The number of alkyl halides is 3. The summed E-state index contributed by atoms with van der Waals surface area (Å²) < 4.78 is 45.6. The molecular formula is C14H10F3N3OS. The Labute approximate surface area is 128 Å². The molecule has 2 aromatic heterocycles. The first-order valence-corrected chi connectivity index (χ1v) is 6.64. The molecule has 0 amide bonds. The number of halogens is 3. The summed E-state index contributed by atoms with van der Waals surface area (Å²) in [7, 11) is 1.32. The topological polar surface area (TPSA) is 42.3 Å². The van der Waals surface area contributed by atoms with Gasteiger partial charge in [0.15, 0.2) is 4.77 Å². The van der Waals surface area contributed by atoms with Gasteiger partial charge in [-0.25, -0.2) is 0 Å². The van der Waals surface area contributed by atoms with Gasteiger partial charge in [0, 0.05) is 11.8 Å². The molecule has 1 aromatic carbocycles. The number of methoxy groups -OCH3 is 1. The average Bonchev–Trinajstić information content (AvgIpc) is 2.96. The number of aromatic nitrogens is 3. The lowest BCUT2D eigenvalue weighted by Crippen LogP contribution is -2.06. The molecule has 0 saturated carbocycles. The zero-order chi connectivity index (χ0) is 15.9. The highest BCUT2D eigenvalue weighted by Gasteiger charge is 2.31. The number of rotatable bonds is 2. The number of ether oxygens (including phenoxy) is 1. The maximum absolute atomic E-state index is 12.8. The number of nitrogens with zero attached hydrogens (tertiary/aromatic N) is 2. The summed E-state index contributed by atoms with van der Waals surface area (Å²) in [5, 5.41) is 6.81. The highest BCUT2D eigenvalue weighted by atomic mass is 32.1. The van der Waals surface area contributed by atoms with Crippen molar-refractivity contribution in [1.29, 1.82) is 0 Å². The van der Waals surface area contributed by atoms with E-state index < -0.39 is 11.7 Å². The molecule has 0 spiro atoms. The van der Waals surface area contributed by atoms with Gasteiger partial charge in [-0.15, -0.1) is 0 Å². The van der Waals surface area contributed by atoms with Gasteiger partial charge in [-0.1, -0.05) is 0 Å². The quantitative estimate of drug-likeness (QED) is 0.722. The van der Waals surface area contributed by atoms with Crippen LogP contribution in [0.5, 0.6) is 5.75 Å². The number of H-pyrrole nitrogens is 1. The Morgan fingerprint density at radius 3 is 2.73 bits per heavy atom. The van der Waals surface area contributed by atoms with E-state index in [1.54, 1.807) is 22.7 Å². The molecule has 22 heavy (non-hydrogen) atoms. The summed E-state index contributed by atoms with van der Waals surface area (Å²) in [6.07, 6.45) is -2.68. The first-order chi connectivity index (χ1) is 10.4. The van der Waals surface area contributed by atoms with Crippen molar-refractivity contribution in [2.45, 2.75) is 6.18 Å². The number of hydrogen-bond donors (Lipinski definition) is 1. The molecule has 8 heteroatoms. The first-order valence-electron chi connectivity index (χ1n) is 6.23. The molecule has 0 aliphatic heterocycles. The standard InChI is InChI=1S/C14H10F3N3OS/c1-21-11-7-8(14(15,16)17)4-5-9(11)12-10-3-2-6-20(10)13(22)19-18-12/h2-7H,1H3,(H,19,22). The molecule has 1 N–H and O–H groups in total. The summed E-state index contributed by atoms with van der Waals surface area (Å²) in [6, 6.07) is 6.86. The monoisotopic (exact) mass is 325 g/mol. The van der Waals surface area contributed by atoms with Gasteiger partial charge in [0.25, 0.3) is 0 Å². The van der Waals surface area contributed by atoms with Crippen LogP contribution in [0.15, 0.2) is 36.5 Å². The van der Waals surface area contributed by atoms with E-state index in [9.17, 15) is 13.2 Å². The van der Waals surface area contributed by atoms with E-state index in [0.717, 1.165) is 12.1 Å². The van der Waals surface area contributed by atoms with Crippen molar-refractivity contribution in [3.05, 3.63) is 46.9 Å². The fraction of sp³-hybridized carbons (Fsp3) is 0.143. The van der Waals surface area contributed by atoms with Gasteiger partial charge in [0.2, 0.25) is 0 Å². The zero-order valence-electron chi connectivity index (χ0n) is 11.3. The van der Waals surface area contributed by atoms with Gasteiger partial charge >= 0.3 is 6.18 Å². The minimum Gasteiger partial charge on any atom is -0.496 e. The normalized spacial score (nSPS) is 11.8. The largest absolute Gasteiger partial charge is 0.496 e. The Morgan fingerprint density at radius 2 is 2.05 bits per heavy atom. The van der Waals surface area contributed by atoms with E-state index in [4.69, 9.17) is 17.0 Å². The minimum atomic E-state index is -4.43.